The van der Waals surface area contributed by atoms with Gasteiger partial charge in [-0.1, -0.05) is 30.3 Å². The Hall–Kier alpha value is -2.11. The maximum atomic E-state index is 10.9. The highest BCUT2D eigenvalue weighted by Gasteiger charge is 2.15. The number of carbonyl (C=O) groups is 1. The van der Waals surface area contributed by atoms with Crippen LogP contribution in [0.2, 0.25) is 0 Å². The Labute approximate surface area is 123 Å². The molecular weight excluding hydrogens is 270 g/mol. The van der Waals surface area contributed by atoms with Crippen LogP contribution < -0.4 is 5.32 Å². The van der Waals surface area contributed by atoms with Crippen molar-refractivity contribution in [2.75, 3.05) is 6.61 Å². The van der Waals surface area contributed by atoms with Gasteiger partial charge in [-0.3, -0.25) is 0 Å². The predicted molar refractivity (Wildman–Crippen MR) is 78.3 cm³/mol. The van der Waals surface area contributed by atoms with Gasteiger partial charge in [0.1, 0.15) is 5.76 Å². The van der Waals surface area contributed by atoms with Crippen LogP contribution in [0.25, 0.3) is 0 Å². The van der Waals surface area contributed by atoms with Gasteiger partial charge in [0, 0.05) is 11.6 Å². The fourth-order valence-electron chi connectivity index (χ4n) is 2.19. The van der Waals surface area contributed by atoms with Gasteiger partial charge in [0.15, 0.2) is 0 Å². The van der Waals surface area contributed by atoms with Crippen LogP contribution in [0, 0.1) is 6.92 Å². The number of hydrogen-bond acceptors (Lipinski definition) is 4. The smallest absolute Gasteiger partial charge is 0.372 e. The minimum atomic E-state index is -1.07. The van der Waals surface area contributed by atoms with Crippen molar-refractivity contribution in [1.82, 2.24) is 5.32 Å². The lowest BCUT2D eigenvalue weighted by Crippen LogP contribution is -2.33. The summed E-state index contributed by atoms with van der Waals surface area (Å²) in [6, 6.07) is 11.5. The monoisotopic (exact) mass is 289 g/mol. The summed E-state index contributed by atoms with van der Waals surface area (Å²) >= 11 is 0. The van der Waals surface area contributed by atoms with E-state index >= 15 is 0 Å². The minimum Gasteiger partial charge on any atom is -0.475 e. The van der Waals surface area contributed by atoms with Crippen molar-refractivity contribution in [1.29, 1.82) is 0 Å². The summed E-state index contributed by atoms with van der Waals surface area (Å²) in [6.07, 6.45) is 0.697. The molecule has 1 aromatic carbocycles. The third-order valence-electron chi connectivity index (χ3n) is 3.27. The van der Waals surface area contributed by atoms with E-state index in [2.05, 4.69) is 5.32 Å². The normalized spacial score (nSPS) is 12.3. The minimum absolute atomic E-state index is 0.000370. The summed E-state index contributed by atoms with van der Waals surface area (Å²) in [4.78, 5) is 10.9. The van der Waals surface area contributed by atoms with Crippen LogP contribution >= 0.6 is 0 Å². The van der Waals surface area contributed by atoms with E-state index in [0.717, 1.165) is 5.56 Å². The van der Waals surface area contributed by atoms with Gasteiger partial charge in [-0.2, -0.15) is 0 Å². The highest BCUT2D eigenvalue weighted by Crippen LogP contribution is 2.14. The number of aliphatic hydroxyl groups is 1. The summed E-state index contributed by atoms with van der Waals surface area (Å²) in [5.41, 5.74) is 1.73. The molecule has 0 bridgehead atoms. The van der Waals surface area contributed by atoms with Crippen LogP contribution in [0.1, 0.15) is 27.4 Å². The van der Waals surface area contributed by atoms with Gasteiger partial charge in [0.05, 0.1) is 13.2 Å². The standard InChI is InChI=1S/C16H19NO4/c1-11-7-14(21-15(11)16(19)20)9-17-13(10-18)8-12-5-3-2-4-6-12/h2-7,13,17-18H,8-10H2,1H3,(H,19,20). The average Bonchev–Trinajstić information content (AvgIpc) is 2.86. The lowest BCUT2D eigenvalue weighted by Gasteiger charge is -2.15. The molecule has 1 unspecified atom stereocenters. The summed E-state index contributed by atoms with van der Waals surface area (Å²) < 4.78 is 5.28. The molecule has 2 aromatic rings. The van der Waals surface area contributed by atoms with Gasteiger partial charge in [-0.05, 0) is 25.0 Å². The maximum Gasteiger partial charge on any atom is 0.372 e. The third kappa shape index (κ3) is 4.18. The molecule has 112 valence electrons. The van der Waals surface area contributed by atoms with Crippen molar-refractivity contribution in [3.05, 3.63) is 59.0 Å². The zero-order chi connectivity index (χ0) is 15.2. The van der Waals surface area contributed by atoms with Crippen molar-refractivity contribution in [2.45, 2.75) is 25.9 Å². The molecule has 0 aliphatic rings. The van der Waals surface area contributed by atoms with E-state index in [4.69, 9.17) is 9.52 Å². The van der Waals surface area contributed by atoms with E-state index in [-0.39, 0.29) is 18.4 Å². The zero-order valence-corrected chi connectivity index (χ0v) is 11.9. The van der Waals surface area contributed by atoms with Crippen molar-refractivity contribution >= 4 is 5.97 Å². The predicted octanol–water partition coefficient (Wildman–Crippen LogP) is 1.98. The van der Waals surface area contributed by atoms with E-state index in [1.807, 2.05) is 30.3 Å². The number of furan rings is 1. The Balaban J connectivity index is 1.94. The fourth-order valence-corrected chi connectivity index (χ4v) is 2.19. The number of aryl methyl sites for hydroxylation is 1. The van der Waals surface area contributed by atoms with Gasteiger partial charge >= 0.3 is 5.97 Å². The number of nitrogens with one attached hydrogen (secondary N) is 1. The molecule has 5 heteroatoms. The summed E-state index contributed by atoms with van der Waals surface area (Å²) in [7, 11) is 0. The van der Waals surface area contributed by atoms with Crippen molar-refractivity contribution in [3.8, 4) is 0 Å². The first-order valence-corrected chi connectivity index (χ1v) is 6.81. The van der Waals surface area contributed by atoms with E-state index in [1.165, 1.54) is 0 Å². The summed E-state index contributed by atoms with van der Waals surface area (Å²) in [5, 5.41) is 21.5. The maximum absolute atomic E-state index is 10.9. The second-order valence-electron chi connectivity index (χ2n) is 4.98. The van der Waals surface area contributed by atoms with E-state index < -0.39 is 5.97 Å². The zero-order valence-electron chi connectivity index (χ0n) is 11.9. The molecule has 5 nitrogen and oxygen atoms in total. The summed E-state index contributed by atoms with van der Waals surface area (Å²) in [5.74, 6) is -0.548. The second kappa shape index (κ2) is 7.06. The topological polar surface area (TPSA) is 82.7 Å². The van der Waals surface area contributed by atoms with Crippen LogP contribution in [0.3, 0.4) is 0 Å². The highest BCUT2D eigenvalue weighted by molar-refractivity contribution is 5.86. The number of rotatable bonds is 7. The van der Waals surface area contributed by atoms with Gasteiger partial charge in [0.2, 0.25) is 5.76 Å². The Morgan fingerprint density at radius 3 is 2.62 bits per heavy atom. The number of hydrogen-bond donors (Lipinski definition) is 3. The number of carboxylic acid groups (broad SMARTS) is 1. The Bertz CT molecular complexity index is 592. The molecule has 3 N–H and O–H groups in total. The van der Waals surface area contributed by atoms with Crippen molar-refractivity contribution < 1.29 is 19.4 Å². The van der Waals surface area contributed by atoms with E-state index in [0.29, 0.717) is 24.3 Å². The van der Waals surface area contributed by atoms with Crippen LogP contribution in [-0.4, -0.2) is 28.8 Å². The molecule has 0 spiro atoms. The molecule has 0 radical (unpaired) electrons. The molecule has 0 saturated carbocycles. The summed E-state index contributed by atoms with van der Waals surface area (Å²) in [6.45, 7) is 2.08. The molecule has 1 heterocycles. The van der Waals surface area contributed by atoms with Gasteiger partial charge in [-0.25, -0.2) is 4.79 Å². The molecule has 0 fully saturated rings. The molecule has 1 atom stereocenters. The highest BCUT2D eigenvalue weighted by atomic mass is 16.4. The average molecular weight is 289 g/mol. The molecular formula is C16H19NO4. The number of aliphatic hydroxyl groups excluding tert-OH is 1. The van der Waals surface area contributed by atoms with Crippen LogP contribution in [0.4, 0.5) is 0 Å². The molecule has 0 amide bonds. The van der Waals surface area contributed by atoms with Crippen molar-refractivity contribution in [2.24, 2.45) is 0 Å². The van der Waals surface area contributed by atoms with Gasteiger partial charge in [0.25, 0.3) is 0 Å². The number of benzene rings is 1. The molecule has 0 saturated heterocycles. The van der Waals surface area contributed by atoms with E-state index in [9.17, 15) is 9.90 Å². The van der Waals surface area contributed by atoms with E-state index in [1.54, 1.807) is 13.0 Å². The molecule has 0 aliphatic heterocycles. The quantitative estimate of drug-likeness (QED) is 0.726. The Morgan fingerprint density at radius 2 is 2.05 bits per heavy atom. The van der Waals surface area contributed by atoms with Crippen LogP contribution in [0.15, 0.2) is 40.8 Å². The van der Waals surface area contributed by atoms with Gasteiger partial charge < -0.3 is 19.9 Å². The first-order valence-electron chi connectivity index (χ1n) is 6.81. The van der Waals surface area contributed by atoms with Crippen LogP contribution in [0.5, 0.6) is 0 Å². The molecule has 0 aliphatic carbocycles. The second-order valence-corrected chi connectivity index (χ2v) is 4.98. The Morgan fingerprint density at radius 1 is 1.33 bits per heavy atom. The largest absolute Gasteiger partial charge is 0.475 e. The molecule has 21 heavy (non-hydrogen) atoms. The molecule has 2 rings (SSSR count). The first kappa shape index (κ1) is 15.3. The van der Waals surface area contributed by atoms with Crippen molar-refractivity contribution in [3.63, 3.8) is 0 Å². The first-order chi connectivity index (χ1) is 10.1. The number of aromatic carboxylic acids is 1. The lowest BCUT2D eigenvalue weighted by atomic mass is 10.1. The fraction of sp³-hybridized carbons (Fsp3) is 0.312. The number of carboxylic acids is 1. The Kier molecular flexibility index (Phi) is 5.14. The van der Waals surface area contributed by atoms with Gasteiger partial charge in [-0.15, -0.1) is 0 Å². The molecule has 1 aromatic heterocycles. The SMILES string of the molecule is Cc1cc(CNC(CO)Cc2ccccc2)oc1C(=O)O. The van der Waals surface area contributed by atoms with Crippen LogP contribution in [-0.2, 0) is 13.0 Å². The third-order valence-corrected chi connectivity index (χ3v) is 3.27. The lowest BCUT2D eigenvalue weighted by molar-refractivity contribution is 0.0659.